The van der Waals surface area contributed by atoms with Gasteiger partial charge >= 0.3 is 11.9 Å². The smallest absolute Gasteiger partial charge is 0.326 e. The van der Waals surface area contributed by atoms with Crippen molar-refractivity contribution in [2.75, 3.05) is 57.9 Å². The summed E-state index contributed by atoms with van der Waals surface area (Å²) in [5, 5.41) is 88.0. The molecule has 2 aliphatic heterocycles. The number of primary amides is 1. The molecule has 1 aromatic carbocycles. The summed E-state index contributed by atoms with van der Waals surface area (Å²) < 4.78 is 0. The second-order valence-corrected chi connectivity index (χ2v) is 28.3. The van der Waals surface area contributed by atoms with E-state index in [4.69, 9.17) is 28.7 Å². The summed E-state index contributed by atoms with van der Waals surface area (Å²) in [5.41, 5.74) is 28.5. The van der Waals surface area contributed by atoms with Crippen LogP contribution in [0.25, 0.3) is 0 Å². The number of nitrogens with two attached hydrogens (primary N) is 5. The van der Waals surface area contributed by atoms with E-state index >= 15 is 0 Å². The number of amides is 14. The summed E-state index contributed by atoms with van der Waals surface area (Å²) >= 11 is 1.44. The SMILES string of the molecule is CC[C@H](C)[C@H](NC(=O)[C@H](CC(=O)O)NC(=O)[C@@H](NC(=O)[C@H](CO)NC(=O)[C@@H](NC(=O)[C@@H]1CCCN1C(=O)[C@H](CO)NC(=O)[C@H](Cc1ccc(O)cc1)NC(=O)[C@@H](N)CCSC)[C@@H](C)O)[C@@H](C)CC)C(=O)N[C@@H](CCCN=C(N)N)C(=O)N[C@@H](CCC(N)=O)C(=O)NCC(=O)N1CCC[C@H]1C(=O)N[C@@H](CCCCN)C(=O)O. The van der Waals surface area contributed by atoms with Crippen LogP contribution in [0.1, 0.15) is 136 Å². The van der Waals surface area contributed by atoms with E-state index in [-0.39, 0.29) is 95.6 Å². The minimum Gasteiger partial charge on any atom is -0.508 e. The standard InChI is InChI=1S/C69H113N19O22S/c1-7-35(3)53(64(105)78-41(15-11-26-75-69(73)74)58(99)77-42(22-23-50(72)93)57(98)76-32-51(94)87-27-12-16-48(87)62(103)79-43(68(109)110)14-9-10-25-70)84-60(101)45(31-52(95)96)81-65(106)54(36(4)8-2)85-61(102)46(33-89)82-66(107)55(37(5)91)86-63(104)49-17-13-28-88(49)67(108)47(34-90)83-59(100)44(30-38-18-20-39(92)21-19-38)80-56(97)40(71)24-29-111-6/h18-21,35-37,40-49,53-55,89-92H,7-17,22-34,70-71H2,1-6H3,(H2,72,93)(H,76,98)(H,77,99)(H,78,105)(H,79,103)(H,80,97)(H,81,106)(H,82,107)(H,83,100)(H,84,101)(H,85,102)(H,86,104)(H,95,96)(H,109,110)(H4,73,74,75)/t35-,36-,37+,40-,41-,42-,43-,44-,45-,46-,47-,48-,49-,53-,54-,55-/m0/s1. The Labute approximate surface area is 646 Å². The van der Waals surface area contributed by atoms with Gasteiger partial charge in [0.25, 0.3) is 0 Å². The van der Waals surface area contributed by atoms with Gasteiger partial charge in [-0.3, -0.25) is 76.9 Å². The Morgan fingerprint density at radius 2 is 1.05 bits per heavy atom. The van der Waals surface area contributed by atoms with Gasteiger partial charge in [0.15, 0.2) is 5.96 Å². The highest BCUT2D eigenvalue weighted by Gasteiger charge is 2.43. The van der Waals surface area contributed by atoms with Gasteiger partial charge in [-0.15, -0.1) is 0 Å². The van der Waals surface area contributed by atoms with E-state index in [1.807, 2.05) is 6.26 Å². The van der Waals surface area contributed by atoms with Gasteiger partial charge in [-0.25, -0.2) is 4.79 Å². The average molecular weight is 1590 g/mol. The summed E-state index contributed by atoms with van der Waals surface area (Å²) in [5.74, 6) is -18.5. The minimum atomic E-state index is -2.02. The lowest BCUT2D eigenvalue weighted by Crippen LogP contribution is -2.63. The molecule has 0 spiro atoms. The summed E-state index contributed by atoms with van der Waals surface area (Å²) in [4.78, 5) is 224. The Morgan fingerprint density at radius 1 is 0.559 bits per heavy atom. The summed E-state index contributed by atoms with van der Waals surface area (Å²) in [7, 11) is 0. The van der Waals surface area contributed by atoms with Crippen molar-refractivity contribution in [3.05, 3.63) is 29.8 Å². The molecule has 1 aromatic rings. The first kappa shape index (κ1) is 95.2. The highest BCUT2D eigenvalue weighted by Crippen LogP contribution is 2.22. The number of phenolic OH excluding ortho intramolecular Hbond substituents is 1. The van der Waals surface area contributed by atoms with Gasteiger partial charge in [0, 0.05) is 32.5 Å². The molecule has 0 unspecified atom stereocenters. The number of aromatic hydroxyl groups is 1. The molecule has 27 N–H and O–H groups in total. The van der Waals surface area contributed by atoms with Gasteiger partial charge in [0.05, 0.1) is 38.3 Å². The fraction of sp³-hybridized carbons (Fsp3) is 0.667. The molecular formula is C69H113N19O22S. The highest BCUT2D eigenvalue weighted by molar-refractivity contribution is 7.98. The van der Waals surface area contributed by atoms with Crippen LogP contribution in [0.5, 0.6) is 5.75 Å². The van der Waals surface area contributed by atoms with Gasteiger partial charge in [0.1, 0.15) is 78.3 Å². The van der Waals surface area contributed by atoms with Crippen LogP contribution in [0, 0.1) is 11.8 Å². The zero-order chi connectivity index (χ0) is 83.4. The number of hydrogen-bond donors (Lipinski definition) is 22. The fourth-order valence-electron chi connectivity index (χ4n) is 12.0. The van der Waals surface area contributed by atoms with Gasteiger partial charge in [-0.1, -0.05) is 52.7 Å². The normalized spacial score (nSPS) is 17.7. The van der Waals surface area contributed by atoms with Crippen LogP contribution in [0.4, 0.5) is 0 Å². The Morgan fingerprint density at radius 3 is 1.58 bits per heavy atom. The molecular weight excluding hydrogens is 1480 g/mol. The number of unbranched alkanes of at least 4 members (excludes halogenated alkanes) is 1. The summed E-state index contributed by atoms with van der Waals surface area (Å²) in [6.07, 6.45) is -0.182. The lowest BCUT2D eigenvalue weighted by molar-refractivity contribution is -0.144. The molecule has 3 rings (SSSR count). The Balaban J connectivity index is 1.82. The maximum atomic E-state index is 14.5. The number of aliphatic hydroxyl groups excluding tert-OH is 3. The average Bonchev–Trinajstić information content (AvgIpc) is 1.76. The van der Waals surface area contributed by atoms with Crippen LogP contribution in [-0.2, 0) is 83.1 Å². The number of benzene rings is 1. The van der Waals surface area contributed by atoms with Crippen LogP contribution >= 0.6 is 11.8 Å². The van der Waals surface area contributed by atoms with Crippen molar-refractivity contribution in [2.45, 2.75) is 222 Å². The number of phenols is 1. The van der Waals surface area contributed by atoms with E-state index in [0.717, 1.165) is 16.7 Å². The molecule has 0 bridgehead atoms. The maximum absolute atomic E-state index is 14.5. The van der Waals surface area contributed by atoms with Crippen molar-refractivity contribution in [2.24, 2.45) is 45.5 Å². The number of aliphatic hydroxyl groups is 3. The second kappa shape index (κ2) is 48.6. The van der Waals surface area contributed by atoms with Gasteiger partial charge in [-0.05, 0) is 126 Å². The highest BCUT2D eigenvalue weighted by atomic mass is 32.2. The maximum Gasteiger partial charge on any atom is 0.326 e. The molecule has 0 aromatic heterocycles. The number of carbonyl (C=O) groups excluding carboxylic acids is 14. The number of hydrogen-bond acceptors (Lipinski definition) is 24. The number of carboxylic acids is 2. The van der Waals surface area contributed by atoms with Crippen molar-refractivity contribution in [1.29, 1.82) is 0 Å². The number of rotatable bonds is 50. The number of likely N-dealkylation sites (tertiary alicyclic amines) is 2. The third kappa shape index (κ3) is 31.7. The zero-order valence-electron chi connectivity index (χ0n) is 63.4. The summed E-state index contributed by atoms with van der Waals surface area (Å²) in [6.45, 7) is 4.58. The van der Waals surface area contributed by atoms with Crippen LogP contribution in [0.2, 0.25) is 0 Å². The number of nitrogens with one attached hydrogen (secondary N) is 11. The summed E-state index contributed by atoms with van der Waals surface area (Å²) in [6, 6.07) is -14.4. The molecule has 2 aliphatic rings. The van der Waals surface area contributed by atoms with Crippen molar-refractivity contribution in [1.82, 2.24) is 68.3 Å². The number of thioether (sulfide) groups is 1. The van der Waals surface area contributed by atoms with E-state index in [9.17, 15) is 107 Å². The molecule has 0 radical (unpaired) electrons. The second-order valence-electron chi connectivity index (χ2n) is 27.3. The lowest BCUT2D eigenvalue weighted by Gasteiger charge is -2.31. The zero-order valence-corrected chi connectivity index (χ0v) is 64.2. The molecule has 42 heteroatoms. The van der Waals surface area contributed by atoms with Gasteiger partial charge in [0.2, 0.25) is 82.7 Å². The first-order valence-corrected chi connectivity index (χ1v) is 38.2. The minimum absolute atomic E-state index is 0.0143. The fourth-order valence-corrected chi connectivity index (χ4v) is 12.5. The predicted octanol–water partition coefficient (Wildman–Crippen LogP) is -7.57. The van der Waals surface area contributed by atoms with Crippen molar-refractivity contribution >= 4 is 112 Å². The molecule has 41 nitrogen and oxygen atoms in total. The number of carbonyl (C=O) groups is 16. The monoisotopic (exact) mass is 1590 g/mol. The third-order valence-corrected chi connectivity index (χ3v) is 19.5. The Kier molecular flexibility index (Phi) is 41.6. The molecule has 0 aliphatic carbocycles. The first-order chi connectivity index (χ1) is 52.5. The molecule has 2 fully saturated rings. The van der Waals surface area contributed by atoms with E-state index in [1.54, 1.807) is 13.8 Å². The van der Waals surface area contributed by atoms with Crippen LogP contribution < -0.4 is 87.2 Å². The van der Waals surface area contributed by atoms with Gasteiger partial charge < -0.3 is 128 Å². The number of aliphatic carboxylic acids is 2. The third-order valence-electron chi connectivity index (χ3n) is 18.8. The molecule has 14 amide bonds. The van der Waals surface area contributed by atoms with Crippen LogP contribution in [0.15, 0.2) is 29.3 Å². The molecule has 2 saturated heterocycles. The van der Waals surface area contributed by atoms with Gasteiger partial charge in [-0.2, -0.15) is 11.8 Å². The molecule has 111 heavy (non-hydrogen) atoms. The van der Waals surface area contributed by atoms with Crippen molar-refractivity contribution in [3.63, 3.8) is 0 Å². The van der Waals surface area contributed by atoms with E-state index < -0.39 is 230 Å². The molecule has 16 atom stereocenters. The van der Waals surface area contributed by atoms with E-state index in [2.05, 4.69) is 63.5 Å². The lowest BCUT2D eigenvalue weighted by atomic mass is 9.96. The number of aliphatic imine (C=N–C) groups is 1. The first-order valence-electron chi connectivity index (χ1n) is 36.8. The topological polar surface area (TPSA) is 676 Å². The van der Waals surface area contributed by atoms with Crippen molar-refractivity contribution < 1.29 is 107 Å². The molecule has 622 valence electrons. The van der Waals surface area contributed by atoms with E-state index in [1.165, 1.54) is 49.9 Å². The van der Waals surface area contributed by atoms with E-state index in [0.29, 0.717) is 37.1 Å². The predicted molar refractivity (Wildman–Crippen MR) is 400 cm³/mol. The van der Waals surface area contributed by atoms with Crippen molar-refractivity contribution in [3.8, 4) is 5.75 Å². The van der Waals surface area contributed by atoms with Crippen LogP contribution in [-0.4, -0.2) is 284 Å². The number of carboxylic acid groups (broad SMARTS) is 2. The quantitative estimate of drug-likeness (QED) is 0.0164. The largest absolute Gasteiger partial charge is 0.508 e. The Bertz CT molecular complexity index is 3390. The number of nitrogens with zero attached hydrogens (tertiary/aromatic N) is 3. The molecule has 0 saturated carbocycles. The molecule has 2 heterocycles. The number of guanidine groups is 1. The Hall–Kier alpha value is -10.0. The van der Waals surface area contributed by atoms with Crippen LogP contribution in [0.3, 0.4) is 0 Å².